The number of phenols is 1. The molecule has 2 saturated heterocycles. The number of piperazine rings is 1. The van der Waals surface area contributed by atoms with E-state index < -0.39 is 10.0 Å². The van der Waals surface area contributed by atoms with Crippen LogP contribution in [0.5, 0.6) is 5.75 Å². The summed E-state index contributed by atoms with van der Waals surface area (Å²) in [6.07, 6.45) is 2.15. The van der Waals surface area contributed by atoms with E-state index >= 15 is 0 Å². The Kier molecular flexibility index (Phi) is 5.86. The van der Waals surface area contributed by atoms with Crippen LogP contribution in [0, 0.1) is 11.7 Å². The zero-order valence-corrected chi connectivity index (χ0v) is 19.3. The van der Waals surface area contributed by atoms with E-state index in [2.05, 4.69) is 9.88 Å². The number of phenolic OH excluding ortho intramolecular Hbond substituents is 1. The molecule has 8 nitrogen and oxygen atoms in total. The van der Waals surface area contributed by atoms with Crippen molar-refractivity contribution in [1.29, 1.82) is 0 Å². The number of benzene rings is 2. The number of halogens is 1. The van der Waals surface area contributed by atoms with Crippen molar-refractivity contribution in [1.82, 2.24) is 14.2 Å². The van der Waals surface area contributed by atoms with E-state index in [4.69, 9.17) is 0 Å². The zero-order valence-electron chi connectivity index (χ0n) is 18.5. The normalized spacial score (nSPS) is 19.6. The standard InChI is InChI=1S/C24H25FN4O4S/c25-18-1-6-21-22(15-18)26-9-7-23(21)27-11-13-28(14-12-27)24(31)17-8-10-29(16-17)34(32,33)20-4-2-19(30)3-5-20/h1-7,9,15,17,30H,8,10-14,16H2. The maximum atomic E-state index is 13.6. The number of anilines is 1. The molecule has 2 aliphatic heterocycles. The maximum Gasteiger partial charge on any atom is 0.243 e. The summed E-state index contributed by atoms with van der Waals surface area (Å²) in [4.78, 5) is 21.5. The Morgan fingerprint density at radius 3 is 2.47 bits per heavy atom. The number of amides is 1. The molecule has 2 aliphatic rings. The van der Waals surface area contributed by atoms with Crippen molar-refractivity contribution in [2.75, 3.05) is 44.2 Å². The first-order valence-electron chi connectivity index (χ1n) is 11.2. The van der Waals surface area contributed by atoms with E-state index in [0.29, 0.717) is 44.7 Å². The molecule has 1 aromatic heterocycles. The number of rotatable bonds is 4. The minimum atomic E-state index is -3.71. The first kappa shape index (κ1) is 22.5. The number of nitrogens with zero attached hydrogens (tertiary/aromatic N) is 4. The van der Waals surface area contributed by atoms with Crippen LogP contribution in [0.4, 0.5) is 10.1 Å². The molecule has 0 aliphatic carbocycles. The lowest BCUT2D eigenvalue weighted by Crippen LogP contribution is -2.50. The van der Waals surface area contributed by atoms with Crippen molar-refractivity contribution >= 4 is 32.5 Å². The van der Waals surface area contributed by atoms with Crippen LogP contribution in [-0.4, -0.2) is 72.9 Å². The highest BCUT2D eigenvalue weighted by Crippen LogP contribution is 2.29. The summed E-state index contributed by atoms with van der Waals surface area (Å²) in [5.41, 5.74) is 1.56. The summed E-state index contributed by atoms with van der Waals surface area (Å²) in [7, 11) is -3.71. The molecular weight excluding hydrogens is 459 g/mol. The summed E-state index contributed by atoms with van der Waals surface area (Å²) < 4.78 is 40.7. The Morgan fingerprint density at radius 1 is 1.00 bits per heavy atom. The van der Waals surface area contributed by atoms with E-state index in [1.807, 2.05) is 6.07 Å². The highest BCUT2D eigenvalue weighted by molar-refractivity contribution is 7.89. The quantitative estimate of drug-likeness (QED) is 0.612. The number of hydrogen-bond donors (Lipinski definition) is 1. The summed E-state index contributed by atoms with van der Waals surface area (Å²) in [6.45, 7) is 2.77. The van der Waals surface area contributed by atoms with Gasteiger partial charge in [-0.25, -0.2) is 12.8 Å². The van der Waals surface area contributed by atoms with Gasteiger partial charge in [-0.3, -0.25) is 9.78 Å². The summed E-state index contributed by atoms with van der Waals surface area (Å²) in [5.74, 6) is -0.724. The molecule has 1 amide bonds. The first-order valence-corrected chi connectivity index (χ1v) is 12.6. The average Bonchev–Trinajstić information content (AvgIpc) is 3.35. The lowest BCUT2D eigenvalue weighted by atomic mass is 10.1. The number of carbonyl (C=O) groups is 1. The van der Waals surface area contributed by atoms with Gasteiger partial charge in [0.1, 0.15) is 11.6 Å². The molecular formula is C24H25FN4O4S. The number of aromatic nitrogens is 1. The van der Waals surface area contributed by atoms with Crippen LogP contribution in [0.25, 0.3) is 10.9 Å². The SMILES string of the molecule is O=C(C1CCN(S(=O)(=O)c2ccc(O)cc2)C1)N1CCN(c2ccnc3cc(F)ccc23)CC1. The highest BCUT2D eigenvalue weighted by Gasteiger charge is 2.38. The van der Waals surface area contributed by atoms with Crippen LogP contribution in [0.15, 0.2) is 59.6 Å². The van der Waals surface area contributed by atoms with E-state index in [9.17, 15) is 22.7 Å². The minimum Gasteiger partial charge on any atom is -0.508 e. The molecule has 0 spiro atoms. The molecule has 0 radical (unpaired) electrons. The van der Waals surface area contributed by atoms with Gasteiger partial charge >= 0.3 is 0 Å². The fourth-order valence-electron chi connectivity index (χ4n) is 4.72. The monoisotopic (exact) mass is 484 g/mol. The van der Waals surface area contributed by atoms with Crippen molar-refractivity contribution in [3.63, 3.8) is 0 Å². The molecule has 1 unspecified atom stereocenters. The molecule has 0 saturated carbocycles. The fraction of sp³-hybridized carbons (Fsp3) is 0.333. The summed E-state index contributed by atoms with van der Waals surface area (Å²) in [5, 5.41) is 10.3. The van der Waals surface area contributed by atoms with Crippen LogP contribution >= 0.6 is 0 Å². The van der Waals surface area contributed by atoms with E-state index in [1.165, 1.54) is 40.7 Å². The average molecular weight is 485 g/mol. The van der Waals surface area contributed by atoms with Gasteiger partial charge in [0.25, 0.3) is 0 Å². The molecule has 3 aromatic rings. The number of aromatic hydroxyl groups is 1. The number of pyridine rings is 1. The van der Waals surface area contributed by atoms with Gasteiger partial charge in [0.2, 0.25) is 15.9 Å². The van der Waals surface area contributed by atoms with E-state index in [-0.39, 0.29) is 34.8 Å². The topological polar surface area (TPSA) is 94.0 Å². The van der Waals surface area contributed by atoms with Gasteiger partial charge in [-0.1, -0.05) is 0 Å². The van der Waals surface area contributed by atoms with Gasteiger partial charge in [0, 0.05) is 62.6 Å². The minimum absolute atomic E-state index is 0.000467. The van der Waals surface area contributed by atoms with Gasteiger partial charge in [0.15, 0.2) is 0 Å². The van der Waals surface area contributed by atoms with Gasteiger partial charge in [-0.2, -0.15) is 4.31 Å². The number of hydrogen-bond acceptors (Lipinski definition) is 6. The molecule has 1 N–H and O–H groups in total. The molecule has 2 fully saturated rings. The predicted octanol–water partition coefficient (Wildman–Crippen LogP) is 2.44. The van der Waals surface area contributed by atoms with Crippen molar-refractivity contribution < 1.29 is 22.7 Å². The number of fused-ring (bicyclic) bond motifs is 1. The number of sulfonamides is 1. The molecule has 1 atom stereocenters. The van der Waals surface area contributed by atoms with Gasteiger partial charge in [-0.05, 0) is 48.9 Å². The molecule has 3 heterocycles. The molecule has 10 heteroatoms. The summed E-state index contributed by atoms with van der Waals surface area (Å²) >= 11 is 0. The Labute approximate surface area is 197 Å². The molecule has 34 heavy (non-hydrogen) atoms. The maximum absolute atomic E-state index is 13.6. The van der Waals surface area contributed by atoms with Crippen molar-refractivity contribution in [3.05, 3.63) is 60.5 Å². The zero-order chi connectivity index (χ0) is 23.9. The van der Waals surface area contributed by atoms with E-state index in [1.54, 1.807) is 17.2 Å². The fourth-order valence-corrected chi connectivity index (χ4v) is 6.22. The second-order valence-electron chi connectivity index (χ2n) is 8.65. The largest absolute Gasteiger partial charge is 0.508 e. The Hall–Kier alpha value is -3.24. The van der Waals surface area contributed by atoms with Crippen molar-refractivity contribution in [2.45, 2.75) is 11.3 Å². The van der Waals surface area contributed by atoms with Gasteiger partial charge in [-0.15, -0.1) is 0 Å². The second-order valence-corrected chi connectivity index (χ2v) is 10.6. The van der Waals surface area contributed by atoms with Crippen LogP contribution in [0.2, 0.25) is 0 Å². The summed E-state index contributed by atoms with van der Waals surface area (Å²) in [6, 6.07) is 11.9. The molecule has 2 aromatic carbocycles. The van der Waals surface area contributed by atoms with Crippen molar-refractivity contribution in [3.8, 4) is 5.75 Å². The molecule has 0 bridgehead atoms. The van der Waals surface area contributed by atoms with Gasteiger partial charge in [0.05, 0.1) is 16.3 Å². The highest BCUT2D eigenvalue weighted by atomic mass is 32.2. The van der Waals surface area contributed by atoms with Crippen LogP contribution in [0.1, 0.15) is 6.42 Å². The van der Waals surface area contributed by atoms with Crippen LogP contribution in [-0.2, 0) is 14.8 Å². The smallest absolute Gasteiger partial charge is 0.243 e. The third kappa shape index (κ3) is 4.19. The first-order chi connectivity index (χ1) is 16.3. The molecule has 178 valence electrons. The lowest BCUT2D eigenvalue weighted by Gasteiger charge is -2.37. The predicted molar refractivity (Wildman–Crippen MR) is 125 cm³/mol. The third-order valence-corrected chi connectivity index (χ3v) is 8.47. The Bertz CT molecular complexity index is 1320. The Morgan fingerprint density at radius 2 is 1.74 bits per heavy atom. The Balaban J connectivity index is 1.23. The van der Waals surface area contributed by atoms with Gasteiger partial charge < -0.3 is 14.9 Å². The van der Waals surface area contributed by atoms with Crippen molar-refractivity contribution in [2.24, 2.45) is 5.92 Å². The van der Waals surface area contributed by atoms with Crippen LogP contribution < -0.4 is 4.90 Å². The second kappa shape index (κ2) is 8.84. The lowest BCUT2D eigenvalue weighted by molar-refractivity contribution is -0.135. The molecule has 5 rings (SSSR count). The number of carbonyl (C=O) groups excluding carboxylic acids is 1. The van der Waals surface area contributed by atoms with E-state index in [0.717, 1.165) is 11.1 Å². The van der Waals surface area contributed by atoms with Crippen LogP contribution in [0.3, 0.4) is 0 Å². The third-order valence-electron chi connectivity index (χ3n) is 6.59.